The lowest BCUT2D eigenvalue weighted by Gasteiger charge is -2.31. The molecule has 0 amide bonds. The fourth-order valence-corrected chi connectivity index (χ4v) is 5.65. The van der Waals surface area contributed by atoms with Crippen LogP contribution in [0.25, 0.3) is 0 Å². The van der Waals surface area contributed by atoms with Gasteiger partial charge in [-0.1, -0.05) is 49.2 Å². The van der Waals surface area contributed by atoms with E-state index in [4.69, 9.17) is 0 Å². The summed E-state index contributed by atoms with van der Waals surface area (Å²) in [7, 11) is -3.45. The van der Waals surface area contributed by atoms with Gasteiger partial charge in [-0.25, -0.2) is 13.1 Å². The van der Waals surface area contributed by atoms with Gasteiger partial charge in [-0.15, -0.1) is 11.8 Å². The van der Waals surface area contributed by atoms with Crippen molar-refractivity contribution in [1.29, 1.82) is 0 Å². The highest BCUT2D eigenvalue weighted by Gasteiger charge is 2.30. The Labute approximate surface area is 142 Å². The molecule has 2 atom stereocenters. The van der Waals surface area contributed by atoms with Crippen LogP contribution in [-0.2, 0) is 10.0 Å². The van der Waals surface area contributed by atoms with E-state index in [-0.39, 0.29) is 11.3 Å². The SMILES string of the molecule is O=S(=O)(N[C@@H]1CCCC[C@H]1Sc1ccccc1)c1ccccc1. The summed E-state index contributed by atoms with van der Waals surface area (Å²) in [6.45, 7) is 0. The van der Waals surface area contributed by atoms with Gasteiger partial charge in [0.05, 0.1) is 4.90 Å². The molecule has 0 heterocycles. The van der Waals surface area contributed by atoms with Crippen LogP contribution in [0.15, 0.2) is 70.5 Å². The first-order valence-corrected chi connectivity index (χ1v) is 10.3. The highest BCUT2D eigenvalue weighted by atomic mass is 32.2. The number of sulfonamides is 1. The van der Waals surface area contributed by atoms with Crippen LogP contribution in [0, 0.1) is 0 Å². The average molecular weight is 348 g/mol. The largest absolute Gasteiger partial charge is 0.240 e. The summed E-state index contributed by atoms with van der Waals surface area (Å²) in [6.07, 6.45) is 4.18. The Balaban J connectivity index is 1.74. The third-order valence-electron chi connectivity index (χ3n) is 4.09. The lowest BCUT2D eigenvalue weighted by Crippen LogP contribution is -2.43. The Bertz CT molecular complexity index is 717. The number of rotatable bonds is 5. The van der Waals surface area contributed by atoms with E-state index in [1.165, 1.54) is 4.90 Å². The van der Waals surface area contributed by atoms with E-state index in [9.17, 15) is 8.42 Å². The van der Waals surface area contributed by atoms with Crippen molar-refractivity contribution < 1.29 is 8.42 Å². The average Bonchev–Trinajstić information content (AvgIpc) is 2.58. The van der Waals surface area contributed by atoms with E-state index < -0.39 is 10.0 Å². The van der Waals surface area contributed by atoms with Gasteiger partial charge in [-0.2, -0.15) is 0 Å². The first kappa shape index (κ1) is 16.6. The van der Waals surface area contributed by atoms with Crippen LogP contribution in [-0.4, -0.2) is 19.7 Å². The zero-order valence-corrected chi connectivity index (χ0v) is 14.5. The molecule has 0 aromatic heterocycles. The van der Waals surface area contributed by atoms with Crippen LogP contribution in [0.3, 0.4) is 0 Å². The summed E-state index contributed by atoms with van der Waals surface area (Å²) < 4.78 is 28.1. The maximum Gasteiger partial charge on any atom is 0.240 e. The minimum Gasteiger partial charge on any atom is -0.207 e. The van der Waals surface area contributed by atoms with E-state index in [0.717, 1.165) is 25.7 Å². The maximum absolute atomic E-state index is 12.6. The second kappa shape index (κ2) is 7.51. The molecule has 3 nitrogen and oxygen atoms in total. The van der Waals surface area contributed by atoms with Gasteiger partial charge >= 0.3 is 0 Å². The van der Waals surface area contributed by atoms with Gasteiger partial charge in [-0.3, -0.25) is 0 Å². The molecule has 5 heteroatoms. The maximum atomic E-state index is 12.6. The Hall–Kier alpha value is -1.30. The molecule has 23 heavy (non-hydrogen) atoms. The summed E-state index contributed by atoms with van der Waals surface area (Å²) in [4.78, 5) is 1.54. The first-order chi connectivity index (χ1) is 11.1. The summed E-state index contributed by atoms with van der Waals surface area (Å²) in [6, 6.07) is 18.8. The summed E-state index contributed by atoms with van der Waals surface area (Å²) in [5.74, 6) is 0. The van der Waals surface area contributed by atoms with Crippen molar-refractivity contribution in [2.24, 2.45) is 0 Å². The van der Waals surface area contributed by atoms with E-state index in [1.54, 1.807) is 36.0 Å². The van der Waals surface area contributed by atoms with Crippen molar-refractivity contribution in [3.63, 3.8) is 0 Å². The van der Waals surface area contributed by atoms with Crippen LogP contribution in [0.2, 0.25) is 0 Å². The summed E-state index contributed by atoms with van der Waals surface area (Å²) in [5.41, 5.74) is 0. The molecule has 0 bridgehead atoms. The predicted octanol–water partition coefficient (Wildman–Crippen LogP) is 4.07. The molecule has 0 spiro atoms. The Morgan fingerprint density at radius 1 is 0.870 bits per heavy atom. The molecule has 0 saturated heterocycles. The topological polar surface area (TPSA) is 46.2 Å². The Morgan fingerprint density at radius 2 is 1.48 bits per heavy atom. The molecule has 1 N–H and O–H groups in total. The van der Waals surface area contributed by atoms with Gasteiger partial charge in [0.15, 0.2) is 0 Å². The van der Waals surface area contributed by atoms with Crippen LogP contribution >= 0.6 is 11.8 Å². The van der Waals surface area contributed by atoms with Crippen molar-refractivity contribution in [2.45, 2.75) is 46.8 Å². The van der Waals surface area contributed by atoms with Crippen molar-refractivity contribution in [3.8, 4) is 0 Å². The number of benzene rings is 2. The van der Waals surface area contributed by atoms with Crippen molar-refractivity contribution in [2.75, 3.05) is 0 Å². The van der Waals surface area contributed by atoms with Crippen LogP contribution < -0.4 is 4.72 Å². The number of hydrogen-bond acceptors (Lipinski definition) is 3. The van der Waals surface area contributed by atoms with Gasteiger partial charge in [0.1, 0.15) is 0 Å². The second-order valence-corrected chi connectivity index (χ2v) is 8.82. The highest BCUT2D eigenvalue weighted by Crippen LogP contribution is 2.34. The molecule has 0 unspecified atom stereocenters. The van der Waals surface area contributed by atoms with Crippen molar-refractivity contribution >= 4 is 21.8 Å². The monoisotopic (exact) mass is 347 g/mol. The molecule has 122 valence electrons. The summed E-state index contributed by atoms with van der Waals surface area (Å²) in [5, 5.41) is 0.282. The van der Waals surface area contributed by atoms with Crippen molar-refractivity contribution in [1.82, 2.24) is 4.72 Å². The minimum atomic E-state index is -3.45. The first-order valence-electron chi connectivity index (χ1n) is 7.94. The normalized spacial score (nSPS) is 21.9. The number of thioether (sulfide) groups is 1. The third-order valence-corrected chi connectivity index (χ3v) is 7.01. The van der Waals surface area contributed by atoms with Crippen molar-refractivity contribution in [3.05, 3.63) is 60.7 Å². The molecule has 1 saturated carbocycles. The Morgan fingerprint density at radius 3 is 2.17 bits per heavy atom. The fraction of sp³-hybridized carbons (Fsp3) is 0.333. The van der Waals surface area contributed by atoms with E-state index >= 15 is 0 Å². The molecule has 1 fully saturated rings. The minimum absolute atomic E-state index is 0.0147. The van der Waals surface area contributed by atoms with Crippen LogP contribution in [0.5, 0.6) is 0 Å². The van der Waals surface area contributed by atoms with Gasteiger partial charge in [0, 0.05) is 16.2 Å². The highest BCUT2D eigenvalue weighted by molar-refractivity contribution is 8.00. The smallest absolute Gasteiger partial charge is 0.207 e. The lowest BCUT2D eigenvalue weighted by molar-refractivity contribution is 0.423. The van der Waals surface area contributed by atoms with E-state index in [1.807, 2.05) is 24.3 Å². The molecule has 2 aromatic rings. The van der Waals surface area contributed by atoms with Gasteiger partial charge < -0.3 is 0 Å². The van der Waals surface area contributed by atoms with Crippen LogP contribution in [0.4, 0.5) is 0 Å². The predicted molar refractivity (Wildman–Crippen MR) is 95.1 cm³/mol. The zero-order chi connectivity index (χ0) is 16.1. The molecule has 0 aliphatic heterocycles. The quantitative estimate of drug-likeness (QED) is 0.887. The Kier molecular flexibility index (Phi) is 5.41. The molecule has 2 aromatic carbocycles. The molecule has 0 radical (unpaired) electrons. The van der Waals surface area contributed by atoms with Gasteiger partial charge in [0.2, 0.25) is 10.0 Å². The fourth-order valence-electron chi connectivity index (χ4n) is 2.91. The molecular weight excluding hydrogens is 326 g/mol. The third kappa shape index (κ3) is 4.37. The zero-order valence-electron chi connectivity index (χ0n) is 12.9. The standard InChI is InChI=1S/C18H21NO2S2/c20-23(21,16-11-5-2-6-12-16)19-17-13-7-8-14-18(17)22-15-9-3-1-4-10-15/h1-6,9-12,17-19H,7-8,13-14H2/t17-,18-/m1/s1. The van der Waals surface area contributed by atoms with Gasteiger partial charge in [0.25, 0.3) is 0 Å². The number of hydrogen-bond donors (Lipinski definition) is 1. The van der Waals surface area contributed by atoms with E-state index in [2.05, 4.69) is 16.9 Å². The molecule has 3 rings (SSSR count). The summed E-state index contributed by atoms with van der Waals surface area (Å²) >= 11 is 1.78. The molecule has 1 aliphatic carbocycles. The second-order valence-electron chi connectivity index (χ2n) is 5.79. The van der Waals surface area contributed by atoms with Gasteiger partial charge in [-0.05, 0) is 37.1 Å². The molecule has 1 aliphatic rings. The van der Waals surface area contributed by atoms with Crippen LogP contribution in [0.1, 0.15) is 25.7 Å². The van der Waals surface area contributed by atoms with E-state index in [0.29, 0.717) is 4.90 Å². The lowest BCUT2D eigenvalue weighted by atomic mass is 9.96. The number of nitrogens with one attached hydrogen (secondary N) is 1. The molecular formula is C18H21NO2S2.